The summed E-state index contributed by atoms with van der Waals surface area (Å²) in [7, 11) is 1.57. The quantitative estimate of drug-likeness (QED) is 0.784. The summed E-state index contributed by atoms with van der Waals surface area (Å²) < 4.78 is 16.5. The number of carbonyl (C=O) groups excluding carboxylic acids is 1. The standard InChI is InChI=1S/C16H20N2O4/c1-3-4-5-22-15-7-13-12(6-14(15)20-2)16(19)18-10-21-9-11(18)8-17-13/h6-8,11H,3-5,9-10H2,1-2H3/t11-/m1/s1. The van der Waals surface area contributed by atoms with Gasteiger partial charge in [-0.3, -0.25) is 9.79 Å². The Labute approximate surface area is 129 Å². The number of hydrogen-bond acceptors (Lipinski definition) is 5. The second kappa shape index (κ2) is 6.36. The smallest absolute Gasteiger partial charge is 0.258 e. The van der Waals surface area contributed by atoms with E-state index in [1.54, 1.807) is 30.4 Å². The predicted molar refractivity (Wildman–Crippen MR) is 82.3 cm³/mol. The lowest BCUT2D eigenvalue weighted by molar-refractivity contribution is 0.0684. The van der Waals surface area contributed by atoms with E-state index in [0.29, 0.717) is 42.7 Å². The lowest BCUT2D eigenvalue weighted by Crippen LogP contribution is -2.36. The number of benzene rings is 1. The summed E-state index contributed by atoms with van der Waals surface area (Å²) in [5.41, 5.74) is 1.13. The maximum atomic E-state index is 12.6. The Morgan fingerprint density at radius 1 is 1.41 bits per heavy atom. The van der Waals surface area contributed by atoms with Crippen LogP contribution >= 0.6 is 0 Å². The molecule has 0 spiro atoms. The number of ether oxygens (including phenoxy) is 3. The van der Waals surface area contributed by atoms with Crippen LogP contribution in [-0.2, 0) is 4.74 Å². The second-order valence-corrected chi connectivity index (χ2v) is 5.34. The summed E-state index contributed by atoms with van der Waals surface area (Å²) in [6, 6.07) is 3.38. The SMILES string of the molecule is CCCCOc1cc2c(cc1OC)C(=O)N1COC[C@H]1C=N2. The fourth-order valence-electron chi connectivity index (χ4n) is 2.54. The normalized spacial score (nSPS) is 19.6. The maximum Gasteiger partial charge on any atom is 0.258 e. The molecule has 6 nitrogen and oxygen atoms in total. The van der Waals surface area contributed by atoms with E-state index in [1.165, 1.54) is 0 Å². The van der Waals surface area contributed by atoms with Crippen LogP contribution in [0, 0.1) is 0 Å². The number of nitrogens with zero attached hydrogens (tertiary/aromatic N) is 2. The molecule has 1 fully saturated rings. The van der Waals surface area contributed by atoms with E-state index >= 15 is 0 Å². The molecule has 0 N–H and O–H groups in total. The number of unbranched alkanes of at least 4 members (excludes halogenated alkanes) is 1. The van der Waals surface area contributed by atoms with E-state index in [0.717, 1.165) is 12.8 Å². The van der Waals surface area contributed by atoms with Gasteiger partial charge in [0.1, 0.15) is 6.73 Å². The molecule has 1 amide bonds. The molecule has 2 aliphatic rings. The number of fused-ring (bicyclic) bond motifs is 2. The number of amides is 1. The van der Waals surface area contributed by atoms with Gasteiger partial charge in [0.25, 0.3) is 5.91 Å². The third kappa shape index (κ3) is 2.66. The van der Waals surface area contributed by atoms with Gasteiger partial charge >= 0.3 is 0 Å². The van der Waals surface area contributed by atoms with Crippen LogP contribution in [0.1, 0.15) is 30.1 Å². The average Bonchev–Trinajstić information content (AvgIpc) is 2.96. The van der Waals surface area contributed by atoms with Crippen molar-refractivity contribution in [3.8, 4) is 11.5 Å². The average molecular weight is 304 g/mol. The van der Waals surface area contributed by atoms with Gasteiger partial charge in [0.15, 0.2) is 11.5 Å². The molecule has 1 atom stereocenters. The van der Waals surface area contributed by atoms with Gasteiger partial charge in [0, 0.05) is 12.3 Å². The molecule has 2 aliphatic heterocycles. The predicted octanol–water partition coefficient (Wildman–Crippen LogP) is 2.39. The van der Waals surface area contributed by atoms with Crippen LogP contribution in [0.15, 0.2) is 17.1 Å². The summed E-state index contributed by atoms with van der Waals surface area (Å²) in [5, 5.41) is 0. The first-order valence-corrected chi connectivity index (χ1v) is 7.52. The minimum atomic E-state index is -0.102. The molecule has 0 saturated carbocycles. The first kappa shape index (κ1) is 14.8. The summed E-state index contributed by atoms with van der Waals surface area (Å²) >= 11 is 0. The molecule has 1 aromatic rings. The minimum absolute atomic E-state index is 0.0894. The van der Waals surface area contributed by atoms with E-state index in [2.05, 4.69) is 11.9 Å². The highest BCUT2D eigenvalue weighted by molar-refractivity contribution is 6.03. The highest BCUT2D eigenvalue weighted by atomic mass is 16.5. The number of aliphatic imine (C=N–C) groups is 1. The third-order valence-corrected chi connectivity index (χ3v) is 3.83. The molecular weight excluding hydrogens is 284 g/mol. The number of rotatable bonds is 5. The second-order valence-electron chi connectivity index (χ2n) is 5.34. The Morgan fingerprint density at radius 2 is 2.27 bits per heavy atom. The molecule has 0 aliphatic carbocycles. The van der Waals surface area contributed by atoms with Crippen molar-refractivity contribution >= 4 is 17.8 Å². The molecule has 2 heterocycles. The maximum absolute atomic E-state index is 12.6. The molecule has 0 aromatic heterocycles. The van der Waals surface area contributed by atoms with E-state index in [-0.39, 0.29) is 11.9 Å². The van der Waals surface area contributed by atoms with Crippen molar-refractivity contribution in [2.45, 2.75) is 25.8 Å². The summed E-state index contributed by atoms with van der Waals surface area (Å²) in [5.74, 6) is 1.09. The molecular formula is C16H20N2O4. The molecule has 6 heteroatoms. The minimum Gasteiger partial charge on any atom is -0.493 e. The van der Waals surface area contributed by atoms with E-state index in [1.807, 2.05) is 0 Å². The lowest BCUT2D eigenvalue weighted by atomic mass is 10.1. The van der Waals surface area contributed by atoms with Gasteiger partial charge in [-0.15, -0.1) is 0 Å². The van der Waals surface area contributed by atoms with Crippen LogP contribution in [0.5, 0.6) is 11.5 Å². The fraction of sp³-hybridized carbons (Fsp3) is 0.500. The summed E-state index contributed by atoms with van der Waals surface area (Å²) in [6.45, 7) is 3.51. The molecule has 22 heavy (non-hydrogen) atoms. The third-order valence-electron chi connectivity index (χ3n) is 3.83. The van der Waals surface area contributed by atoms with Crippen LogP contribution in [-0.4, -0.2) is 50.1 Å². The van der Waals surface area contributed by atoms with Crippen LogP contribution < -0.4 is 9.47 Å². The number of methoxy groups -OCH3 is 1. The van der Waals surface area contributed by atoms with E-state index in [9.17, 15) is 4.79 Å². The Bertz CT molecular complexity index is 600. The van der Waals surface area contributed by atoms with Gasteiger partial charge in [-0.1, -0.05) is 13.3 Å². The van der Waals surface area contributed by atoms with Crippen LogP contribution in [0.4, 0.5) is 5.69 Å². The Balaban J connectivity index is 1.95. The number of carbonyl (C=O) groups is 1. The number of hydrogen-bond donors (Lipinski definition) is 0. The van der Waals surface area contributed by atoms with Gasteiger partial charge in [0.2, 0.25) is 0 Å². The summed E-state index contributed by atoms with van der Waals surface area (Å²) in [4.78, 5) is 18.7. The molecule has 1 saturated heterocycles. The largest absolute Gasteiger partial charge is 0.493 e. The highest BCUT2D eigenvalue weighted by Gasteiger charge is 2.33. The first-order valence-electron chi connectivity index (χ1n) is 7.52. The zero-order valence-electron chi connectivity index (χ0n) is 12.9. The zero-order chi connectivity index (χ0) is 15.5. The Kier molecular flexibility index (Phi) is 4.29. The van der Waals surface area contributed by atoms with Crippen molar-refractivity contribution in [1.82, 2.24) is 4.90 Å². The van der Waals surface area contributed by atoms with Crippen molar-refractivity contribution in [2.24, 2.45) is 4.99 Å². The van der Waals surface area contributed by atoms with E-state index < -0.39 is 0 Å². The fourth-order valence-corrected chi connectivity index (χ4v) is 2.54. The lowest BCUT2D eigenvalue weighted by Gasteiger charge is -2.18. The van der Waals surface area contributed by atoms with Crippen molar-refractivity contribution in [1.29, 1.82) is 0 Å². The van der Waals surface area contributed by atoms with Crippen molar-refractivity contribution in [2.75, 3.05) is 27.1 Å². The van der Waals surface area contributed by atoms with Gasteiger partial charge in [-0.25, -0.2) is 0 Å². The monoisotopic (exact) mass is 304 g/mol. The summed E-state index contributed by atoms with van der Waals surface area (Å²) in [6.07, 6.45) is 3.79. The zero-order valence-corrected chi connectivity index (χ0v) is 12.9. The van der Waals surface area contributed by atoms with Crippen LogP contribution in [0.3, 0.4) is 0 Å². The molecule has 1 aromatic carbocycles. The van der Waals surface area contributed by atoms with E-state index in [4.69, 9.17) is 14.2 Å². The molecule has 0 unspecified atom stereocenters. The Hall–Kier alpha value is -2.08. The molecule has 0 bridgehead atoms. The van der Waals surface area contributed by atoms with Gasteiger partial charge in [-0.2, -0.15) is 0 Å². The van der Waals surface area contributed by atoms with Gasteiger partial charge in [0.05, 0.1) is 37.6 Å². The van der Waals surface area contributed by atoms with Crippen molar-refractivity contribution < 1.29 is 19.0 Å². The highest BCUT2D eigenvalue weighted by Crippen LogP contribution is 2.37. The topological polar surface area (TPSA) is 60.4 Å². The van der Waals surface area contributed by atoms with Gasteiger partial charge in [-0.05, 0) is 12.5 Å². The van der Waals surface area contributed by atoms with Crippen molar-refractivity contribution in [3.05, 3.63) is 17.7 Å². The Morgan fingerprint density at radius 3 is 3.05 bits per heavy atom. The first-order chi connectivity index (χ1) is 10.7. The van der Waals surface area contributed by atoms with Crippen molar-refractivity contribution in [3.63, 3.8) is 0 Å². The van der Waals surface area contributed by atoms with Crippen LogP contribution in [0.2, 0.25) is 0 Å². The van der Waals surface area contributed by atoms with Gasteiger partial charge < -0.3 is 19.1 Å². The molecule has 0 radical (unpaired) electrons. The molecule has 118 valence electrons. The molecule has 3 rings (SSSR count). The van der Waals surface area contributed by atoms with Crippen LogP contribution in [0.25, 0.3) is 0 Å².